The molecule has 1 aliphatic rings. The van der Waals surface area contributed by atoms with E-state index < -0.39 is 0 Å². The van der Waals surface area contributed by atoms with Gasteiger partial charge in [0.05, 0.1) is 18.8 Å². The van der Waals surface area contributed by atoms with Gasteiger partial charge in [0, 0.05) is 0 Å². The predicted molar refractivity (Wildman–Crippen MR) is 100 cm³/mol. The molecular formula is C20H24N2O4. The minimum absolute atomic E-state index is 0.166. The molecule has 0 unspecified atom stereocenters. The fraction of sp³-hybridized carbons (Fsp3) is 0.350. The van der Waals surface area contributed by atoms with Crippen LogP contribution < -0.4 is 24.8 Å². The van der Waals surface area contributed by atoms with Gasteiger partial charge in [0.1, 0.15) is 19.0 Å². The van der Waals surface area contributed by atoms with Crippen LogP contribution in [-0.2, 0) is 0 Å². The Labute approximate surface area is 153 Å². The Morgan fingerprint density at radius 2 is 1.81 bits per heavy atom. The first-order valence-corrected chi connectivity index (χ1v) is 8.68. The number of rotatable bonds is 5. The summed E-state index contributed by atoms with van der Waals surface area (Å²) < 4.78 is 16.5. The van der Waals surface area contributed by atoms with Gasteiger partial charge in [-0.25, -0.2) is 4.79 Å². The molecular weight excluding hydrogens is 332 g/mol. The van der Waals surface area contributed by atoms with E-state index in [1.54, 1.807) is 19.2 Å². The van der Waals surface area contributed by atoms with Crippen LogP contribution in [0, 0.1) is 5.92 Å². The van der Waals surface area contributed by atoms with Crippen LogP contribution in [0.1, 0.15) is 25.5 Å². The molecule has 2 amide bonds. The normalized spacial score (nSPS) is 13.8. The van der Waals surface area contributed by atoms with Gasteiger partial charge in [-0.2, -0.15) is 0 Å². The molecule has 0 aromatic heterocycles. The van der Waals surface area contributed by atoms with Crippen molar-refractivity contribution in [1.29, 1.82) is 0 Å². The molecule has 2 N–H and O–H groups in total. The van der Waals surface area contributed by atoms with Crippen molar-refractivity contribution in [3.8, 4) is 17.2 Å². The number of fused-ring (bicyclic) bond motifs is 1. The fourth-order valence-electron chi connectivity index (χ4n) is 2.94. The minimum Gasteiger partial charge on any atom is -0.495 e. The maximum atomic E-state index is 12.5. The van der Waals surface area contributed by atoms with E-state index in [1.807, 2.05) is 30.3 Å². The zero-order valence-electron chi connectivity index (χ0n) is 15.2. The molecule has 0 fully saturated rings. The third-order valence-corrected chi connectivity index (χ3v) is 4.23. The molecule has 138 valence electrons. The first-order valence-electron chi connectivity index (χ1n) is 8.68. The molecule has 0 bridgehead atoms. The first kappa shape index (κ1) is 17.9. The first-order chi connectivity index (χ1) is 12.6. The van der Waals surface area contributed by atoms with Gasteiger partial charge in [-0.3, -0.25) is 0 Å². The monoisotopic (exact) mass is 356 g/mol. The van der Waals surface area contributed by atoms with Gasteiger partial charge in [-0.15, -0.1) is 0 Å². The summed E-state index contributed by atoms with van der Waals surface area (Å²) in [5.41, 5.74) is 1.59. The number of hydrogen-bond acceptors (Lipinski definition) is 4. The number of para-hydroxylation sites is 2. The van der Waals surface area contributed by atoms with Gasteiger partial charge >= 0.3 is 6.03 Å². The van der Waals surface area contributed by atoms with Crippen molar-refractivity contribution in [2.45, 2.75) is 19.9 Å². The van der Waals surface area contributed by atoms with Crippen molar-refractivity contribution in [1.82, 2.24) is 5.32 Å². The Bertz CT molecular complexity index is 776. The lowest BCUT2D eigenvalue weighted by atomic mass is 9.95. The van der Waals surface area contributed by atoms with E-state index in [-0.39, 0.29) is 18.0 Å². The molecule has 0 saturated heterocycles. The highest BCUT2D eigenvalue weighted by atomic mass is 16.6. The van der Waals surface area contributed by atoms with Gasteiger partial charge in [0.25, 0.3) is 0 Å². The topological polar surface area (TPSA) is 68.8 Å². The zero-order chi connectivity index (χ0) is 18.5. The lowest BCUT2D eigenvalue weighted by molar-refractivity contribution is 0.171. The van der Waals surface area contributed by atoms with Crippen LogP contribution in [0.5, 0.6) is 17.2 Å². The molecule has 2 aromatic carbocycles. The Kier molecular flexibility index (Phi) is 5.51. The quantitative estimate of drug-likeness (QED) is 0.850. The molecule has 2 aromatic rings. The van der Waals surface area contributed by atoms with Gasteiger partial charge < -0.3 is 24.8 Å². The largest absolute Gasteiger partial charge is 0.495 e. The van der Waals surface area contributed by atoms with Crippen molar-refractivity contribution in [3.63, 3.8) is 0 Å². The van der Waals surface area contributed by atoms with Crippen molar-refractivity contribution in [2.24, 2.45) is 5.92 Å². The molecule has 1 atom stereocenters. The van der Waals surface area contributed by atoms with E-state index in [0.29, 0.717) is 30.4 Å². The highest BCUT2D eigenvalue weighted by molar-refractivity contribution is 5.91. The van der Waals surface area contributed by atoms with Crippen LogP contribution in [0.3, 0.4) is 0 Å². The Balaban J connectivity index is 1.75. The van der Waals surface area contributed by atoms with E-state index in [0.717, 1.165) is 11.3 Å². The number of hydrogen-bond donors (Lipinski definition) is 2. The molecule has 1 heterocycles. The van der Waals surface area contributed by atoms with Crippen molar-refractivity contribution >= 4 is 11.7 Å². The van der Waals surface area contributed by atoms with Crippen LogP contribution in [0.4, 0.5) is 10.5 Å². The summed E-state index contributed by atoms with van der Waals surface area (Å²) in [4.78, 5) is 12.5. The maximum absolute atomic E-state index is 12.5. The number of anilines is 1. The number of amides is 2. The van der Waals surface area contributed by atoms with Gasteiger partial charge in [0.2, 0.25) is 0 Å². The van der Waals surface area contributed by atoms with Gasteiger partial charge in [-0.1, -0.05) is 32.0 Å². The standard InChI is InChI=1S/C20H24N2O4/c1-13(2)19(14-8-9-17-18(12-14)26-11-10-25-17)22-20(23)21-15-6-4-5-7-16(15)24-3/h4-9,12-13,19H,10-11H2,1-3H3,(H2,21,22,23)/t19-/m0/s1. The molecule has 1 aliphatic heterocycles. The molecule has 6 nitrogen and oxygen atoms in total. The third kappa shape index (κ3) is 4.02. The fourth-order valence-corrected chi connectivity index (χ4v) is 2.94. The second-order valence-electron chi connectivity index (χ2n) is 6.42. The second kappa shape index (κ2) is 7.99. The Morgan fingerprint density at radius 1 is 1.08 bits per heavy atom. The minimum atomic E-state index is -0.289. The number of carbonyl (C=O) groups is 1. The van der Waals surface area contributed by atoms with E-state index in [2.05, 4.69) is 24.5 Å². The molecule has 6 heteroatoms. The maximum Gasteiger partial charge on any atom is 0.319 e. The van der Waals surface area contributed by atoms with E-state index in [1.165, 1.54) is 0 Å². The summed E-state index contributed by atoms with van der Waals surface area (Å²) >= 11 is 0. The smallest absolute Gasteiger partial charge is 0.319 e. The molecule has 3 rings (SSSR count). The van der Waals surface area contributed by atoms with E-state index >= 15 is 0 Å². The zero-order valence-corrected chi connectivity index (χ0v) is 15.2. The lowest BCUT2D eigenvalue weighted by Gasteiger charge is -2.25. The van der Waals surface area contributed by atoms with Crippen molar-refractivity contribution in [3.05, 3.63) is 48.0 Å². The number of urea groups is 1. The number of carbonyl (C=O) groups excluding carboxylic acids is 1. The predicted octanol–water partition coefficient (Wildman–Crippen LogP) is 3.99. The average molecular weight is 356 g/mol. The van der Waals surface area contributed by atoms with Gasteiger partial charge in [-0.05, 0) is 35.7 Å². The summed E-state index contributed by atoms with van der Waals surface area (Å²) in [5, 5.41) is 5.89. The molecule has 0 saturated carbocycles. The summed E-state index contributed by atoms with van der Waals surface area (Å²) in [6.07, 6.45) is 0. The lowest BCUT2D eigenvalue weighted by Crippen LogP contribution is -2.35. The molecule has 0 radical (unpaired) electrons. The summed E-state index contributed by atoms with van der Waals surface area (Å²) in [6, 6.07) is 12.6. The number of methoxy groups -OCH3 is 1. The molecule has 0 spiro atoms. The third-order valence-electron chi connectivity index (χ3n) is 4.23. The van der Waals surface area contributed by atoms with Crippen LogP contribution in [-0.4, -0.2) is 26.4 Å². The summed E-state index contributed by atoms with van der Waals surface area (Å²) in [6.45, 7) is 5.21. The second-order valence-corrected chi connectivity index (χ2v) is 6.42. The van der Waals surface area contributed by atoms with Crippen LogP contribution >= 0.6 is 0 Å². The highest BCUT2D eigenvalue weighted by Crippen LogP contribution is 2.34. The van der Waals surface area contributed by atoms with Crippen LogP contribution in [0.25, 0.3) is 0 Å². The average Bonchev–Trinajstić information content (AvgIpc) is 2.66. The molecule has 26 heavy (non-hydrogen) atoms. The summed E-state index contributed by atoms with van der Waals surface area (Å²) in [7, 11) is 1.57. The highest BCUT2D eigenvalue weighted by Gasteiger charge is 2.22. The van der Waals surface area contributed by atoms with Gasteiger partial charge in [0.15, 0.2) is 11.5 Å². The van der Waals surface area contributed by atoms with Crippen molar-refractivity contribution < 1.29 is 19.0 Å². The Hall–Kier alpha value is -2.89. The summed E-state index contributed by atoms with van der Waals surface area (Å²) in [5.74, 6) is 2.26. The number of ether oxygens (including phenoxy) is 3. The van der Waals surface area contributed by atoms with Crippen molar-refractivity contribution in [2.75, 3.05) is 25.6 Å². The van der Waals surface area contributed by atoms with E-state index in [9.17, 15) is 4.79 Å². The number of benzene rings is 2. The van der Waals surface area contributed by atoms with Crippen LogP contribution in [0.15, 0.2) is 42.5 Å². The van der Waals surface area contributed by atoms with E-state index in [4.69, 9.17) is 14.2 Å². The van der Waals surface area contributed by atoms with Crippen LogP contribution in [0.2, 0.25) is 0 Å². The Morgan fingerprint density at radius 3 is 2.54 bits per heavy atom. The number of nitrogens with one attached hydrogen (secondary N) is 2. The molecule has 0 aliphatic carbocycles. The SMILES string of the molecule is COc1ccccc1NC(=O)N[C@H](c1ccc2c(c1)OCCO2)C(C)C.